The monoisotopic (exact) mass is 384 g/mol. The summed E-state index contributed by atoms with van der Waals surface area (Å²) in [6.07, 6.45) is 1.99. The van der Waals surface area contributed by atoms with Gasteiger partial charge in [-0.1, -0.05) is 0 Å². The number of nitrogens with two attached hydrogens (primary N) is 1. The largest absolute Gasteiger partial charge is 0.462 e. The molecule has 26 heavy (non-hydrogen) atoms. The van der Waals surface area contributed by atoms with Gasteiger partial charge in [-0.2, -0.15) is 0 Å². The van der Waals surface area contributed by atoms with Crippen molar-refractivity contribution in [1.29, 1.82) is 0 Å². The lowest BCUT2D eigenvalue weighted by atomic mass is 9.79. The van der Waals surface area contributed by atoms with Crippen LogP contribution in [0.3, 0.4) is 0 Å². The first-order chi connectivity index (χ1) is 12.2. The molecule has 1 amide bonds. The molecular weight excluding hydrogens is 360 g/mol. The minimum atomic E-state index is -3.58. The Hall–Kier alpha value is -1.97. The molecule has 0 saturated carbocycles. The first-order valence-corrected chi connectivity index (χ1v) is 10.2. The minimum absolute atomic E-state index is 0.0545. The van der Waals surface area contributed by atoms with Crippen LogP contribution in [0.1, 0.15) is 30.1 Å². The highest BCUT2D eigenvalue weighted by atomic mass is 32.2. The van der Waals surface area contributed by atoms with Gasteiger partial charge in [0.1, 0.15) is 0 Å². The standard InChI is InChI=1S/C17H24N2O6S/c1-3-25-15(20)12-8-13(10-14(9-12)26(2,22)23)19-16(21)17(11-18)4-6-24-7-5-17/h8-10H,3-7,11,18H2,1-2H3,(H,19,21). The molecule has 144 valence electrons. The van der Waals surface area contributed by atoms with E-state index in [4.69, 9.17) is 15.2 Å². The van der Waals surface area contributed by atoms with Crippen LogP contribution in [-0.2, 0) is 24.1 Å². The van der Waals surface area contributed by atoms with Gasteiger partial charge in [0.05, 0.1) is 22.5 Å². The second-order valence-corrected chi connectivity index (χ2v) is 8.31. The van der Waals surface area contributed by atoms with Gasteiger partial charge in [-0.15, -0.1) is 0 Å². The van der Waals surface area contributed by atoms with E-state index in [-0.39, 0.29) is 35.2 Å². The zero-order valence-electron chi connectivity index (χ0n) is 14.9. The Morgan fingerprint density at radius 3 is 2.46 bits per heavy atom. The summed E-state index contributed by atoms with van der Waals surface area (Å²) in [5.41, 5.74) is 5.31. The third kappa shape index (κ3) is 4.60. The normalized spacial score (nSPS) is 16.7. The van der Waals surface area contributed by atoms with Crippen molar-refractivity contribution in [3.63, 3.8) is 0 Å². The van der Waals surface area contributed by atoms with Gasteiger partial charge in [0.25, 0.3) is 0 Å². The van der Waals surface area contributed by atoms with Crippen molar-refractivity contribution < 1.29 is 27.5 Å². The first kappa shape index (κ1) is 20.3. The van der Waals surface area contributed by atoms with Crippen molar-refractivity contribution in [2.45, 2.75) is 24.7 Å². The van der Waals surface area contributed by atoms with Gasteiger partial charge in [-0.25, -0.2) is 13.2 Å². The average molecular weight is 384 g/mol. The molecule has 0 aliphatic carbocycles. The molecule has 1 aliphatic rings. The predicted octanol–water partition coefficient (Wildman–Crippen LogP) is 0.961. The summed E-state index contributed by atoms with van der Waals surface area (Å²) in [7, 11) is -3.58. The summed E-state index contributed by atoms with van der Waals surface area (Å²) in [6.45, 7) is 2.82. The maximum absolute atomic E-state index is 12.8. The first-order valence-electron chi connectivity index (χ1n) is 8.33. The van der Waals surface area contributed by atoms with E-state index >= 15 is 0 Å². The summed E-state index contributed by atoms with van der Waals surface area (Å²) >= 11 is 0. The van der Waals surface area contributed by atoms with Crippen molar-refractivity contribution in [2.24, 2.45) is 11.1 Å². The molecule has 1 aromatic carbocycles. The molecule has 0 aromatic heterocycles. The van der Waals surface area contributed by atoms with Crippen LogP contribution in [0.2, 0.25) is 0 Å². The molecule has 0 atom stereocenters. The fraction of sp³-hybridized carbons (Fsp3) is 0.529. The fourth-order valence-electron chi connectivity index (χ4n) is 2.77. The molecule has 0 unspecified atom stereocenters. The Morgan fingerprint density at radius 1 is 1.27 bits per heavy atom. The number of hydrogen-bond donors (Lipinski definition) is 2. The summed E-state index contributed by atoms with van der Waals surface area (Å²) in [6, 6.07) is 3.95. The quantitative estimate of drug-likeness (QED) is 0.700. The van der Waals surface area contributed by atoms with Crippen LogP contribution in [0.4, 0.5) is 5.69 Å². The van der Waals surface area contributed by atoms with Gasteiger partial charge in [0.15, 0.2) is 9.84 Å². The van der Waals surface area contributed by atoms with E-state index in [1.807, 2.05) is 0 Å². The summed E-state index contributed by atoms with van der Waals surface area (Å²) < 4.78 is 34.1. The minimum Gasteiger partial charge on any atom is -0.462 e. The second-order valence-electron chi connectivity index (χ2n) is 6.29. The number of sulfone groups is 1. The molecule has 1 heterocycles. The molecular formula is C17H24N2O6S. The highest BCUT2D eigenvalue weighted by Crippen LogP contribution is 2.31. The number of carbonyl (C=O) groups is 2. The lowest BCUT2D eigenvalue weighted by Crippen LogP contribution is -2.46. The summed E-state index contributed by atoms with van der Waals surface area (Å²) in [5.74, 6) is -0.975. The van der Waals surface area contributed by atoms with Gasteiger partial charge < -0.3 is 20.5 Å². The van der Waals surface area contributed by atoms with Crippen LogP contribution in [-0.4, -0.2) is 52.9 Å². The van der Waals surface area contributed by atoms with Crippen molar-refractivity contribution in [1.82, 2.24) is 0 Å². The summed E-state index contributed by atoms with van der Waals surface area (Å²) in [4.78, 5) is 24.7. The molecule has 1 fully saturated rings. The van der Waals surface area contributed by atoms with Gasteiger partial charge in [0, 0.05) is 31.7 Å². The Balaban J connectivity index is 2.37. The Kier molecular flexibility index (Phi) is 6.38. The SMILES string of the molecule is CCOC(=O)c1cc(NC(=O)C2(CN)CCOCC2)cc(S(C)(=O)=O)c1. The number of amides is 1. The topological polar surface area (TPSA) is 125 Å². The van der Waals surface area contributed by atoms with Crippen LogP contribution in [0.5, 0.6) is 0 Å². The second kappa shape index (κ2) is 8.15. The number of nitrogens with one attached hydrogen (secondary N) is 1. The van der Waals surface area contributed by atoms with Gasteiger partial charge in [-0.05, 0) is 38.0 Å². The number of esters is 1. The van der Waals surface area contributed by atoms with Crippen molar-refractivity contribution in [3.8, 4) is 0 Å². The zero-order valence-corrected chi connectivity index (χ0v) is 15.7. The van der Waals surface area contributed by atoms with E-state index in [1.165, 1.54) is 18.2 Å². The fourth-order valence-corrected chi connectivity index (χ4v) is 3.45. The number of hydrogen-bond acceptors (Lipinski definition) is 7. The predicted molar refractivity (Wildman–Crippen MR) is 95.7 cm³/mol. The van der Waals surface area contributed by atoms with Crippen LogP contribution >= 0.6 is 0 Å². The molecule has 0 radical (unpaired) electrons. The van der Waals surface area contributed by atoms with Crippen LogP contribution in [0, 0.1) is 5.41 Å². The maximum atomic E-state index is 12.8. The lowest BCUT2D eigenvalue weighted by molar-refractivity contribution is -0.130. The zero-order chi connectivity index (χ0) is 19.4. The van der Waals surface area contributed by atoms with Crippen molar-refractivity contribution in [3.05, 3.63) is 23.8 Å². The van der Waals surface area contributed by atoms with E-state index in [9.17, 15) is 18.0 Å². The third-order valence-electron chi connectivity index (χ3n) is 4.43. The van der Waals surface area contributed by atoms with Crippen LogP contribution < -0.4 is 11.1 Å². The number of anilines is 1. The Bertz CT molecular complexity index is 784. The van der Waals surface area contributed by atoms with Crippen LogP contribution in [0.25, 0.3) is 0 Å². The van der Waals surface area contributed by atoms with Crippen molar-refractivity contribution in [2.75, 3.05) is 37.9 Å². The molecule has 9 heteroatoms. The number of benzene rings is 1. The molecule has 1 aromatic rings. The molecule has 0 bridgehead atoms. The molecule has 0 spiro atoms. The average Bonchev–Trinajstić information content (AvgIpc) is 2.61. The van der Waals surface area contributed by atoms with E-state index in [0.717, 1.165) is 6.26 Å². The van der Waals surface area contributed by atoms with Crippen molar-refractivity contribution >= 4 is 27.4 Å². The Morgan fingerprint density at radius 2 is 1.92 bits per heavy atom. The van der Waals surface area contributed by atoms with E-state index < -0.39 is 21.2 Å². The highest BCUT2D eigenvalue weighted by molar-refractivity contribution is 7.90. The van der Waals surface area contributed by atoms with Crippen LogP contribution in [0.15, 0.2) is 23.1 Å². The lowest BCUT2D eigenvalue weighted by Gasteiger charge is -2.34. The maximum Gasteiger partial charge on any atom is 0.338 e. The van der Waals surface area contributed by atoms with Gasteiger partial charge >= 0.3 is 5.97 Å². The Labute approximate surface area is 153 Å². The number of rotatable bonds is 6. The smallest absolute Gasteiger partial charge is 0.338 e. The highest BCUT2D eigenvalue weighted by Gasteiger charge is 2.39. The molecule has 2 rings (SSSR count). The number of ether oxygens (including phenoxy) is 2. The third-order valence-corrected chi connectivity index (χ3v) is 5.52. The van der Waals surface area contributed by atoms with E-state index in [0.29, 0.717) is 26.1 Å². The van der Waals surface area contributed by atoms with Gasteiger partial charge in [-0.3, -0.25) is 4.79 Å². The van der Waals surface area contributed by atoms with E-state index in [2.05, 4.69) is 5.32 Å². The molecule has 1 aliphatic heterocycles. The number of carbonyl (C=O) groups excluding carboxylic acids is 2. The van der Waals surface area contributed by atoms with E-state index in [1.54, 1.807) is 6.92 Å². The molecule has 8 nitrogen and oxygen atoms in total. The van der Waals surface area contributed by atoms with Gasteiger partial charge in [0.2, 0.25) is 5.91 Å². The summed E-state index contributed by atoms with van der Waals surface area (Å²) in [5, 5.41) is 2.71. The molecule has 3 N–H and O–H groups in total. The molecule has 1 saturated heterocycles.